The van der Waals surface area contributed by atoms with Crippen LogP contribution in [0, 0.1) is 11.3 Å². The van der Waals surface area contributed by atoms with Gasteiger partial charge in [0.25, 0.3) is 0 Å². The van der Waals surface area contributed by atoms with Gasteiger partial charge in [-0.05, 0) is 7.05 Å². The third kappa shape index (κ3) is 5.38. The third-order valence-electron chi connectivity index (χ3n) is 3.32. The monoisotopic (exact) mass is 337 g/mol. The zero-order valence-corrected chi connectivity index (χ0v) is 14.6. The number of rotatable bonds is 9. The molecule has 1 aromatic carbocycles. The molecular weight excluding hydrogens is 314 g/mol. The molecule has 0 atom stereocenters. The summed E-state index contributed by atoms with van der Waals surface area (Å²) >= 11 is 0. The molecule has 0 heterocycles. The summed E-state index contributed by atoms with van der Waals surface area (Å²) in [4.78, 5) is 13.9. The zero-order valence-electron chi connectivity index (χ0n) is 14.6. The number of ether oxygens (including phenoxy) is 4. The lowest BCUT2D eigenvalue weighted by molar-refractivity contribution is -0.124. The number of benzene rings is 1. The summed E-state index contributed by atoms with van der Waals surface area (Å²) in [5.41, 5.74) is 0.652. The van der Waals surface area contributed by atoms with Crippen molar-refractivity contribution >= 4 is 11.6 Å². The van der Waals surface area contributed by atoms with E-state index in [1.165, 1.54) is 34.5 Å². The fraction of sp³-hybridized carbons (Fsp3) is 0.500. The molecule has 0 spiro atoms. The van der Waals surface area contributed by atoms with E-state index in [1.54, 1.807) is 18.0 Å². The molecule has 0 radical (unpaired) electrons. The van der Waals surface area contributed by atoms with Gasteiger partial charge in [-0.3, -0.25) is 9.69 Å². The summed E-state index contributed by atoms with van der Waals surface area (Å²) in [6, 6.07) is 5.10. The van der Waals surface area contributed by atoms with Gasteiger partial charge in [-0.2, -0.15) is 5.26 Å². The Morgan fingerprint density at radius 3 is 2.29 bits per heavy atom. The molecule has 0 aliphatic carbocycles. The summed E-state index contributed by atoms with van der Waals surface area (Å²) in [6.07, 6.45) is -0.418. The number of carbonyl (C=O) groups excluding carboxylic acids is 1. The third-order valence-corrected chi connectivity index (χ3v) is 3.32. The van der Waals surface area contributed by atoms with Gasteiger partial charge in [0, 0.05) is 32.9 Å². The van der Waals surface area contributed by atoms with Crippen LogP contribution < -0.4 is 14.8 Å². The van der Waals surface area contributed by atoms with Gasteiger partial charge in [-0.1, -0.05) is 0 Å². The van der Waals surface area contributed by atoms with Crippen molar-refractivity contribution in [1.29, 1.82) is 5.26 Å². The average molecular weight is 337 g/mol. The molecule has 0 aromatic heterocycles. The maximum atomic E-state index is 12.2. The van der Waals surface area contributed by atoms with Gasteiger partial charge in [-0.25, -0.2) is 0 Å². The summed E-state index contributed by atoms with van der Waals surface area (Å²) in [5, 5.41) is 11.9. The highest BCUT2D eigenvalue weighted by molar-refractivity contribution is 5.94. The van der Waals surface area contributed by atoms with Crippen LogP contribution in [-0.2, 0) is 14.3 Å². The van der Waals surface area contributed by atoms with E-state index in [2.05, 4.69) is 5.32 Å². The van der Waals surface area contributed by atoms with Crippen molar-refractivity contribution in [1.82, 2.24) is 4.90 Å². The number of amides is 1. The molecule has 0 saturated carbocycles. The zero-order chi connectivity index (χ0) is 18.1. The summed E-state index contributed by atoms with van der Waals surface area (Å²) in [7, 11) is 7.80. The van der Waals surface area contributed by atoms with Crippen LogP contribution in [0.3, 0.4) is 0 Å². The van der Waals surface area contributed by atoms with Gasteiger partial charge in [-0.15, -0.1) is 0 Å². The lowest BCUT2D eigenvalue weighted by Gasteiger charge is -2.21. The van der Waals surface area contributed by atoms with Gasteiger partial charge in [0.1, 0.15) is 6.07 Å². The predicted octanol–water partition coefficient (Wildman–Crippen LogP) is 1.06. The summed E-state index contributed by atoms with van der Waals surface area (Å²) in [6.45, 7) is 0.542. The lowest BCUT2D eigenvalue weighted by atomic mass is 10.1. The molecule has 0 unspecified atom stereocenters. The highest BCUT2D eigenvalue weighted by Gasteiger charge is 2.16. The van der Waals surface area contributed by atoms with Gasteiger partial charge in [0.05, 0.1) is 32.0 Å². The van der Waals surface area contributed by atoms with E-state index in [0.717, 1.165) is 0 Å². The second kappa shape index (κ2) is 9.72. The quantitative estimate of drug-likeness (QED) is 0.674. The van der Waals surface area contributed by atoms with E-state index < -0.39 is 6.29 Å². The molecule has 0 fully saturated rings. The first-order valence-corrected chi connectivity index (χ1v) is 7.19. The minimum atomic E-state index is -0.418. The molecule has 1 rings (SSSR count). The van der Waals surface area contributed by atoms with Crippen molar-refractivity contribution < 1.29 is 23.7 Å². The van der Waals surface area contributed by atoms with Crippen LogP contribution in [0.4, 0.5) is 5.69 Å². The molecule has 1 N–H and O–H groups in total. The Hall–Kier alpha value is -2.34. The molecule has 0 saturated heterocycles. The van der Waals surface area contributed by atoms with E-state index in [-0.39, 0.29) is 18.0 Å². The highest BCUT2D eigenvalue weighted by Crippen LogP contribution is 2.32. The smallest absolute Gasteiger partial charge is 0.238 e. The van der Waals surface area contributed by atoms with E-state index in [0.29, 0.717) is 23.7 Å². The number of nitrogens with zero attached hydrogens (tertiary/aromatic N) is 2. The number of nitrogens with one attached hydrogen (secondary N) is 1. The van der Waals surface area contributed by atoms with E-state index in [1.807, 2.05) is 6.07 Å². The van der Waals surface area contributed by atoms with Gasteiger partial charge >= 0.3 is 0 Å². The fourth-order valence-electron chi connectivity index (χ4n) is 2.07. The second-order valence-electron chi connectivity index (χ2n) is 5.01. The molecule has 24 heavy (non-hydrogen) atoms. The van der Waals surface area contributed by atoms with Crippen molar-refractivity contribution in [2.75, 3.05) is 53.9 Å². The first-order valence-electron chi connectivity index (χ1n) is 7.19. The van der Waals surface area contributed by atoms with Crippen LogP contribution in [0.1, 0.15) is 5.56 Å². The Bertz CT molecular complexity index is 596. The number of hydrogen-bond acceptors (Lipinski definition) is 7. The van der Waals surface area contributed by atoms with E-state index >= 15 is 0 Å². The largest absolute Gasteiger partial charge is 0.493 e. The van der Waals surface area contributed by atoms with Crippen LogP contribution in [0.5, 0.6) is 11.5 Å². The minimum Gasteiger partial charge on any atom is -0.493 e. The van der Waals surface area contributed by atoms with Crippen LogP contribution in [0.25, 0.3) is 0 Å². The molecule has 1 amide bonds. The summed E-state index contributed by atoms with van der Waals surface area (Å²) < 4.78 is 20.5. The molecule has 132 valence electrons. The topological polar surface area (TPSA) is 93.1 Å². The Labute approximate surface area is 141 Å². The van der Waals surface area contributed by atoms with Gasteiger partial charge in [0.15, 0.2) is 17.8 Å². The number of anilines is 1. The standard InChI is InChI=1S/C16H23N3O5/c1-19(10-16(23-4)24-5)9-15(20)18-12-7-14(22-3)13(21-2)6-11(12)8-17/h6-7,16H,9-10H2,1-5H3,(H,18,20). The number of nitriles is 1. The first-order chi connectivity index (χ1) is 11.5. The normalized spacial score (nSPS) is 10.6. The van der Waals surface area contributed by atoms with Crippen LogP contribution >= 0.6 is 0 Å². The van der Waals surface area contributed by atoms with Crippen LogP contribution in [-0.4, -0.2) is 65.7 Å². The van der Waals surface area contributed by atoms with E-state index in [4.69, 9.17) is 18.9 Å². The molecular formula is C16H23N3O5. The number of hydrogen-bond donors (Lipinski definition) is 1. The average Bonchev–Trinajstić information content (AvgIpc) is 2.58. The van der Waals surface area contributed by atoms with Crippen LogP contribution in [0.2, 0.25) is 0 Å². The molecule has 8 heteroatoms. The Morgan fingerprint density at radius 2 is 1.79 bits per heavy atom. The second-order valence-corrected chi connectivity index (χ2v) is 5.01. The molecule has 0 bridgehead atoms. The number of methoxy groups -OCH3 is 4. The van der Waals surface area contributed by atoms with Crippen molar-refractivity contribution in [3.05, 3.63) is 17.7 Å². The van der Waals surface area contributed by atoms with Crippen molar-refractivity contribution in [3.63, 3.8) is 0 Å². The fourth-order valence-corrected chi connectivity index (χ4v) is 2.07. The molecule has 1 aromatic rings. The maximum absolute atomic E-state index is 12.2. The first kappa shape index (κ1) is 19.7. The predicted molar refractivity (Wildman–Crippen MR) is 88.2 cm³/mol. The Morgan fingerprint density at radius 1 is 1.21 bits per heavy atom. The van der Waals surface area contributed by atoms with Crippen molar-refractivity contribution in [2.24, 2.45) is 0 Å². The van der Waals surface area contributed by atoms with Crippen LogP contribution in [0.15, 0.2) is 12.1 Å². The van der Waals surface area contributed by atoms with Gasteiger partial charge < -0.3 is 24.3 Å². The molecule has 0 aliphatic rings. The van der Waals surface area contributed by atoms with Gasteiger partial charge in [0.2, 0.25) is 5.91 Å². The highest BCUT2D eigenvalue weighted by atomic mass is 16.7. The minimum absolute atomic E-state index is 0.114. The Kier molecular flexibility index (Phi) is 7.98. The van der Waals surface area contributed by atoms with Crippen molar-refractivity contribution in [3.8, 4) is 17.6 Å². The molecule has 8 nitrogen and oxygen atoms in total. The number of carbonyl (C=O) groups is 1. The summed E-state index contributed by atoms with van der Waals surface area (Å²) in [5.74, 6) is 0.582. The lowest BCUT2D eigenvalue weighted by Crippen LogP contribution is -2.37. The van der Waals surface area contributed by atoms with Crippen molar-refractivity contribution in [2.45, 2.75) is 6.29 Å². The number of likely N-dealkylation sites (N-methyl/N-ethyl adjacent to an activating group) is 1. The van der Waals surface area contributed by atoms with E-state index in [9.17, 15) is 10.1 Å². The Balaban J connectivity index is 2.81. The maximum Gasteiger partial charge on any atom is 0.238 e. The SMILES string of the molecule is COc1cc(C#N)c(NC(=O)CN(C)CC(OC)OC)cc1OC. The molecule has 0 aliphatic heterocycles.